The zero-order chi connectivity index (χ0) is 12.7. The lowest BCUT2D eigenvalue weighted by molar-refractivity contribution is 0.101. The average molecular weight is 299 g/mol. The standard InChI is InChI=1S/C16H11BrO/c1-10(18)15-8-11-4-2-3-5-13(11)16-9-12(17)6-7-14(15)16/h2-9H,1H3. The number of carbonyl (C=O) groups excluding carboxylic acids is 1. The molecule has 0 unspecified atom stereocenters. The summed E-state index contributed by atoms with van der Waals surface area (Å²) in [7, 11) is 0. The van der Waals surface area contributed by atoms with Gasteiger partial charge < -0.3 is 0 Å². The molecule has 0 heterocycles. The fourth-order valence-corrected chi connectivity index (χ4v) is 2.73. The van der Waals surface area contributed by atoms with Crippen molar-refractivity contribution in [2.75, 3.05) is 0 Å². The molecule has 0 fully saturated rings. The van der Waals surface area contributed by atoms with Crippen LogP contribution < -0.4 is 0 Å². The molecule has 0 saturated heterocycles. The number of hydrogen-bond acceptors (Lipinski definition) is 1. The molecular formula is C16H11BrO. The molecule has 0 saturated carbocycles. The first-order valence-electron chi connectivity index (χ1n) is 5.79. The van der Waals surface area contributed by atoms with Gasteiger partial charge in [-0.3, -0.25) is 4.79 Å². The lowest BCUT2D eigenvalue weighted by Gasteiger charge is -2.08. The van der Waals surface area contributed by atoms with Crippen LogP contribution in [0, 0.1) is 0 Å². The maximum Gasteiger partial charge on any atom is 0.160 e. The topological polar surface area (TPSA) is 17.1 Å². The van der Waals surface area contributed by atoms with Crippen LogP contribution in [0.1, 0.15) is 17.3 Å². The summed E-state index contributed by atoms with van der Waals surface area (Å²) in [6, 6.07) is 16.2. The maximum atomic E-state index is 11.8. The first kappa shape index (κ1) is 11.4. The average Bonchev–Trinajstić information content (AvgIpc) is 2.37. The zero-order valence-electron chi connectivity index (χ0n) is 9.91. The van der Waals surface area contributed by atoms with Crippen molar-refractivity contribution in [2.45, 2.75) is 6.92 Å². The Kier molecular flexibility index (Phi) is 2.67. The number of carbonyl (C=O) groups is 1. The van der Waals surface area contributed by atoms with Crippen LogP contribution in [0.3, 0.4) is 0 Å². The van der Waals surface area contributed by atoms with E-state index < -0.39 is 0 Å². The minimum absolute atomic E-state index is 0.105. The Morgan fingerprint density at radius 2 is 1.72 bits per heavy atom. The van der Waals surface area contributed by atoms with Gasteiger partial charge in [0.25, 0.3) is 0 Å². The second-order valence-corrected chi connectivity index (χ2v) is 5.31. The van der Waals surface area contributed by atoms with Crippen molar-refractivity contribution in [2.24, 2.45) is 0 Å². The molecular weight excluding hydrogens is 288 g/mol. The van der Waals surface area contributed by atoms with Crippen LogP contribution in [0.25, 0.3) is 21.5 Å². The highest BCUT2D eigenvalue weighted by Gasteiger charge is 2.09. The van der Waals surface area contributed by atoms with E-state index in [9.17, 15) is 4.79 Å². The maximum absolute atomic E-state index is 11.8. The van der Waals surface area contributed by atoms with E-state index in [0.29, 0.717) is 0 Å². The van der Waals surface area contributed by atoms with Crippen molar-refractivity contribution in [3.63, 3.8) is 0 Å². The van der Waals surface area contributed by atoms with Crippen LogP contribution in [0.5, 0.6) is 0 Å². The molecule has 0 amide bonds. The summed E-state index contributed by atoms with van der Waals surface area (Å²) in [5, 5.41) is 4.42. The Labute approximate surface area is 114 Å². The molecule has 2 heteroatoms. The van der Waals surface area contributed by atoms with Gasteiger partial charge in [0.2, 0.25) is 0 Å². The van der Waals surface area contributed by atoms with E-state index in [2.05, 4.69) is 28.1 Å². The second-order valence-electron chi connectivity index (χ2n) is 4.39. The van der Waals surface area contributed by atoms with Crippen LogP contribution in [0.2, 0.25) is 0 Å². The third-order valence-electron chi connectivity index (χ3n) is 3.20. The number of rotatable bonds is 1. The molecule has 0 radical (unpaired) electrons. The molecule has 0 aliphatic heterocycles. The molecule has 3 aromatic rings. The molecule has 3 aromatic carbocycles. The van der Waals surface area contributed by atoms with Crippen LogP contribution in [-0.2, 0) is 0 Å². The van der Waals surface area contributed by atoms with E-state index in [1.807, 2.05) is 36.4 Å². The first-order chi connectivity index (χ1) is 8.66. The van der Waals surface area contributed by atoms with E-state index in [1.165, 1.54) is 5.39 Å². The van der Waals surface area contributed by atoms with E-state index in [0.717, 1.165) is 26.2 Å². The van der Waals surface area contributed by atoms with Crippen molar-refractivity contribution >= 4 is 43.3 Å². The lowest BCUT2D eigenvalue weighted by atomic mass is 9.96. The highest BCUT2D eigenvalue weighted by atomic mass is 79.9. The largest absolute Gasteiger partial charge is 0.294 e. The number of ketones is 1. The highest BCUT2D eigenvalue weighted by molar-refractivity contribution is 9.10. The Bertz CT molecular complexity index is 774. The summed E-state index contributed by atoms with van der Waals surface area (Å²) >= 11 is 3.49. The third kappa shape index (κ3) is 1.73. The van der Waals surface area contributed by atoms with Gasteiger partial charge in [0.15, 0.2) is 5.78 Å². The Balaban J connectivity index is 2.59. The summed E-state index contributed by atoms with van der Waals surface area (Å²) < 4.78 is 1.03. The van der Waals surface area contributed by atoms with Gasteiger partial charge in [0.05, 0.1) is 0 Å². The van der Waals surface area contributed by atoms with E-state index in [1.54, 1.807) is 6.92 Å². The summed E-state index contributed by atoms with van der Waals surface area (Å²) in [4.78, 5) is 11.8. The molecule has 0 spiro atoms. The Morgan fingerprint density at radius 3 is 2.50 bits per heavy atom. The molecule has 88 valence electrons. The molecule has 0 N–H and O–H groups in total. The summed E-state index contributed by atoms with van der Waals surface area (Å²) in [6.45, 7) is 1.62. The van der Waals surface area contributed by atoms with Gasteiger partial charge >= 0.3 is 0 Å². The summed E-state index contributed by atoms with van der Waals surface area (Å²) in [5.41, 5.74) is 0.788. The van der Waals surface area contributed by atoms with Gasteiger partial charge in [-0.25, -0.2) is 0 Å². The molecule has 3 rings (SSSR count). The van der Waals surface area contributed by atoms with Crippen LogP contribution in [0.4, 0.5) is 0 Å². The quantitative estimate of drug-likeness (QED) is 0.458. The van der Waals surface area contributed by atoms with Crippen molar-refractivity contribution in [1.29, 1.82) is 0 Å². The number of benzene rings is 3. The Hall–Kier alpha value is -1.67. The first-order valence-corrected chi connectivity index (χ1v) is 6.58. The molecule has 0 bridgehead atoms. The predicted molar refractivity (Wildman–Crippen MR) is 79.2 cm³/mol. The number of hydrogen-bond donors (Lipinski definition) is 0. The van der Waals surface area contributed by atoms with Gasteiger partial charge in [-0.15, -0.1) is 0 Å². The molecule has 0 aliphatic carbocycles. The summed E-state index contributed by atoms with van der Waals surface area (Å²) in [5.74, 6) is 0.105. The van der Waals surface area contributed by atoms with Crippen molar-refractivity contribution in [3.8, 4) is 0 Å². The summed E-state index contributed by atoms with van der Waals surface area (Å²) in [6.07, 6.45) is 0. The third-order valence-corrected chi connectivity index (χ3v) is 3.70. The SMILES string of the molecule is CC(=O)c1cc2ccccc2c2cc(Br)ccc12. The van der Waals surface area contributed by atoms with Crippen molar-refractivity contribution in [1.82, 2.24) is 0 Å². The monoisotopic (exact) mass is 298 g/mol. The van der Waals surface area contributed by atoms with Crippen molar-refractivity contribution < 1.29 is 4.79 Å². The normalized spacial score (nSPS) is 11.0. The van der Waals surface area contributed by atoms with Gasteiger partial charge in [0.1, 0.15) is 0 Å². The van der Waals surface area contributed by atoms with Gasteiger partial charge in [0, 0.05) is 10.0 Å². The minimum Gasteiger partial charge on any atom is -0.294 e. The fourth-order valence-electron chi connectivity index (χ4n) is 2.37. The van der Waals surface area contributed by atoms with Crippen LogP contribution >= 0.6 is 15.9 Å². The van der Waals surface area contributed by atoms with E-state index >= 15 is 0 Å². The molecule has 18 heavy (non-hydrogen) atoms. The lowest BCUT2D eigenvalue weighted by Crippen LogP contribution is -1.94. The number of fused-ring (bicyclic) bond motifs is 3. The minimum atomic E-state index is 0.105. The number of Topliss-reactive ketones (excluding diaryl/α,β-unsaturated/α-hetero) is 1. The second kappa shape index (κ2) is 4.21. The van der Waals surface area contributed by atoms with E-state index in [4.69, 9.17) is 0 Å². The highest BCUT2D eigenvalue weighted by Crippen LogP contribution is 2.31. The predicted octanol–water partition coefficient (Wildman–Crippen LogP) is 4.96. The Morgan fingerprint density at radius 1 is 0.944 bits per heavy atom. The van der Waals surface area contributed by atoms with Gasteiger partial charge in [-0.1, -0.05) is 46.3 Å². The van der Waals surface area contributed by atoms with Crippen LogP contribution in [0.15, 0.2) is 53.0 Å². The van der Waals surface area contributed by atoms with E-state index in [-0.39, 0.29) is 5.78 Å². The molecule has 0 aromatic heterocycles. The fraction of sp³-hybridized carbons (Fsp3) is 0.0625. The number of halogens is 1. The zero-order valence-corrected chi connectivity index (χ0v) is 11.5. The van der Waals surface area contributed by atoms with Crippen LogP contribution in [-0.4, -0.2) is 5.78 Å². The molecule has 0 aliphatic rings. The molecule has 0 atom stereocenters. The van der Waals surface area contributed by atoms with Gasteiger partial charge in [-0.2, -0.15) is 0 Å². The van der Waals surface area contributed by atoms with Crippen molar-refractivity contribution in [3.05, 3.63) is 58.6 Å². The molecule has 1 nitrogen and oxygen atoms in total. The smallest absolute Gasteiger partial charge is 0.160 e. The van der Waals surface area contributed by atoms with Gasteiger partial charge in [-0.05, 0) is 46.7 Å².